The van der Waals surface area contributed by atoms with E-state index in [9.17, 15) is 39.1 Å². The van der Waals surface area contributed by atoms with Crippen molar-refractivity contribution < 1.29 is 138 Å². The van der Waals surface area contributed by atoms with Gasteiger partial charge in [0.2, 0.25) is 0 Å². The van der Waals surface area contributed by atoms with Gasteiger partial charge < -0.3 is 39.1 Å². The first-order valence-electron chi connectivity index (χ1n) is 5.05. The van der Waals surface area contributed by atoms with E-state index in [2.05, 4.69) is 17.2 Å². The van der Waals surface area contributed by atoms with Crippen LogP contribution in [0.25, 0.3) is 0 Å². The third kappa shape index (κ3) is 76.9. The van der Waals surface area contributed by atoms with Gasteiger partial charge in [0.1, 0.15) is 0 Å². The van der Waals surface area contributed by atoms with Gasteiger partial charge in [0.15, 0.2) is 0 Å². The zero-order chi connectivity index (χ0) is 23.4. The zero-order valence-corrected chi connectivity index (χ0v) is 25.7. The minimum absolute atomic E-state index is 0. The van der Waals surface area contributed by atoms with Gasteiger partial charge >= 0.3 is 42.1 Å². The molecule has 8 unspecified atom stereocenters. The van der Waals surface area contributed by atoms with Crippen LogP contribution in [0.1, 0.15) is 0 Å². The van der Waals surface area contributed by atoms with Gasteiger partial charge in [0.25, 0.3) is 68.8 Å². The van der Waals surface area contributed by atoms with Gasteiger partial charge in [0.05, 0.1) is 0 Å². The first-order valence-corrected chi connectivity index (χ1v) is 15.2. The Morgan fingerprint density at radius 2 is 0.367 bits per heavy atom. The topological polar surface area (TPSA) is 383 Å². The van der Waals surface area contributed by atoms with E-state index >= 15 is 0 Å². The van der Waals surface area contributed by atoms with Crippen LogP contribution in [0.15, 0.2) is 0 Å². The van der Waals surface area contributed by atoms with E-state index in [1.807, 2.05) is 0 Å². The smallest absolute Gasteiger partial charge is 0.630 e. The summed E-state index contributed by atoms with van der Waals surface area (Å²) < 4.78 is 13.8. The molecule has 0 aliphatic heterocycles. The van der Waals surface area contributed by atoms with Crippen molar-refractivity contribution in [1.29, 1.82) is 0 Å². The van der Waals surface area contributed by atoms with Gasteiger partial charge in [0, 0.05) is 0 Å². The van der Waals surface area contributed by atoms with Crippen molar-refractivity contribution in [3.05, 3.63) is 0 Å². The summed E-state index contributed by atoms with van der Waals surface area (Å²) in [5.74, 6) is 0. The van der Waals surface area contributed by atoms with Crippen LogP contribution < -0.4 is 39.1 Å². The van der Waals surface area contributed by atoms with Crippen LogP contribution in [0.5, 0.6) is 0 Å². The first kappa shape index (κ1) is 47.2. The molecule has 0 amide bonds. The Morgan fingerprint density at radius 3 is 0.367 bits per heavy atom. The molecule has 30 heavy (non-hydrogen) atoms. The molecule has 0 aromatic heterocycles. The van der Waals surface area contributed by atoms with Crippen LogP contribution in [-0.4, -0.2) is 39.1 Å². The molecular formula is H16O20P8Pt2+4. The molecule has 0 aromatic carbocycles. The number of rotatable bonds is 8. The van der Waals surface area contributed by atoms with E-state index < -0.39 is 68.8 Å². The Hall–Kier alpha value is 4.02. The molecule has 0 radical (unpaired) electrons. The van der Waals surface area contributed by atoms with Crippen molar-refractivity contribution in [2.24, 2.45) is 0 Å². The quantitative estimate of drug-likeness (QED) is 0.105. The summed E-state index contributed by atoms with van der Waals surface area (Å²) in [7, 11) is -25.6. The van der Waals surface area contributed by atoms with Gasteiger partial charge in [-0.15, -0.1) is 0 Å². The van der Waals surface area contributed by atoms with Crippen molar-refractivity contribution >= 4 is 68.8 Å². The minimum Gasteiger partial charge on any atom is -0.630 e. The molecule has 0 aliphatic rings. The van der Waals surface area contributed by atoms with Crippen molar-refractivity contribution in [3.63, 3.8) is 0 Å². The van der Waals surface area contributed by atoms with E-state index in [1.165, 1.54) is 0 Å². The molecule has 0 saturated carbocycles. The van der Waals surface area contributed by atoms with E-state index in [4.69, 9.17) is 39.1 Å². The summed E-state index contributed by atoms with van der Waals surface area (Å²) in [5, 5.41) is 0. The summed E-state index contributed by atoms with van der Waals surface area (Å²) in [4.78, 5) is 137. The van der Waals surface area contributed by atoms with E-state index in [-0.39, 0.29) is 42.1 Å². The maximum Gasteiger partial charge on any atom is 2.00 e. The van der Waals surface area contributed by atoms with Crippen LogP contribution in [0.4, 0.5) is 0 Å². The molecule has 8 N–H and O–H groups in total. The summed E-state index contributed by atoms with van der Waals surface area (Å²) in [5.41, 5.74) is 0. The summed E-state index contributed by atoms with van der Waals surface area (Å²) >= 11 is 0. The molecule has 0 saturated heterocycles. The van der Waals surface area contributed by atoms with E-state index in [0.29, 0.717) is 0 Å². The normalized spacial score (nSPS) is 17.6. The van der Waals surface area contributed by atoms with Gasteiger partial charge in [-0.1, -0.05) is 17.2 Å². The summed E-state index contributed by atoms with van der Waals surface area (Å²) in [6.07, 6.45) is 0. The van der Waals surface area contributed by atoms with Crippen LogP contribution >= 0.6 is 68.8 Å². The molecule has 0 heterocycles. The molecule has 0 spiro atoms. The molecule has 20 nitrogen and oxygen atoms in total. The molecule has 8 atom stereocenters. The largest absolute Gasteiger partial charge is 2.00 e. The van der Waals surface area contributed by atoms with Crippen LogP contribution in [0.3, 0.4) is 0 Å². The summed E-state index contributed by atoms with van der Waals surface area (Å²) in [6, 6.07) is 0. The minimum atomic E-state index is -3.20. The van der Waals surface area contributed by atoms with Crippen molar-refractivity contribution in [3.8, 4) is 0 Å². The maximum atomic E-state index is 9.44. The molecule has 0 aromatic rings. The Kier molecular flexibility index (Phi) is 52.0. The SMILES string of the molecule is [O-][PH+](O)O[PH+]([O-])O.[O-][PH+](O)O[PH+]([O-])O.[O-][PH+](O)O[PH+]([O-])O.[O-][PH+](O)O[PH+]([O-])O.[Pt+2].[Pt+2]. The van der Waals surface area contributed by atoms with Crippen LogP contribution in [-0.2, 0) is 59.4 Å². The Morgan fingerprint density at radius 1 is 0.300 bits per heavy atom. The van der Waals surface area contributed by atoms with Crippen molar-refractivity contribution in [1.82, 2.24) is 0 Å². The Bertz CT molecular complexity index is 208. The van der Waals surface area contributed by atoms with Crippen molar-refractivity contribution in [2.75, 3.05) is 0 Å². The average Bonchev–Trinajstić information content (AvgIpc) is 2.32. The fourth-order valence-corrected chi connectivity index (χ4v) is 2.69. The second-order valence-corrected chi connectivity index (χ2v) is 10.1. The fraction of sp³-hybridized carbons (Fsp3) is 0. The summed E-state index contributed by atoms with van der Waals surface area (Å²) in [6.45, 7) is 0. The van der Waals surface area contributed by atoms with E-state index in [0.717, 1.165) is 0 Å². The van der Waals surface area contributed by atoms with Crippen LogP contribution in [0, 0.1) is 0 Å². The van der Waals surface area contributed by atoms with Crippen molar-refractivity contribution in [2.45, 2.75) is 0 Å². The second kappa shape index (κ2) is 33.0. The molecule has 0 rings (SSSR count). The molecule has 0 fully saturated rings. The zero-order valence-electron chi connectivity index (χ0n) is 13.1. The molecule has 192 valence electrons. The molecular weight excluding hydrogens is 958 g/mol. The maximum absolute atomic E-state index is 9.44. The fourth-order valence-electron chi connectivity index (χ4n) is 0.299. The van der Waals surface area contributed by atoms with Gasteiger partial charge in [-0.25, -0.2) is 39.1 Å². The molecule has 0 bridgehead atoms. The Labute approximate surface area is 205 Å². The average molecular weight is 974 g/mol. The molecule has 30 heteroatoms. The number of hydrogen-bond acceptors (Lipinski definition) is 20. The first-order chi connectivity index (χ1) is 12.5. The van der Waals surface area contributed by atoms with Gasteiger partial charge in [-0.2, -0.15) is 0 Å². The predicted molar refractivity (Wildman–Crippen MR) is 88.6 cm³/mol. The number of hydrogen-bond donors (Lipinski definition) is 8. The van der Waals surface area contributed by atoms with Gasteiger partial charge in [-0.3, -0.25) is 0 Å². The monoisotopic (exact) mass is 974 g/mol. The molecule has 0 aliphatic carbocycles. The third-order valence-corrected chi connectivity index (χ3v) is 6.29. The standard InChI is InChI=1S/4H4O5P2.2Pt/c4*1-6(2)5-7(3)4;;/h4*1,3,6-7H;;/q;;;;2*+2. The third-order valence-electron chi connectivity index (χ3n) is 0.698. The second-order valence-electron chi connectivity index (χ2n) is 2.54. The van der Waals surface area contributed by atoms with E-state index in [1.54, 1.807) is 0 Å². The predicted octanol–water partition coefficient (Wildman–Crippen LogP) is -9.50. The Balaban J connectivity index is -0.0000000626. The van der Waals surface area contributed by atoms with Crippen LogP contribution in [0.2, 0.25) is 0 Å². The van der Waals surface area contributed by atoms with Gasteiger partial charge in [-0.05, 0) is 0 Å².